The second-order valence-corrected chi connectivity index (χ2v) is 2.66. The van der Waals surface area contributed by atoms with E-state index in [0.717, 1.165) is 6.07 Å². The first-order valence-corrected chi connectivity index (χ1v) is 4.49. The van der Waals surface area contributed by atoms with Gasteiger partial charge in [0.1, 0.15) is 10.3 Å². The molecule has 0 fully saturated rings. The van der Waals surface area contributed by atoms with Gasteiger partial charge in [-0.15, -0.1) is 0 Å². The third kappa shape index (κ3) is 4.26. The maximum Gasteiger partial charge on any atom is 0.433 e. The first-order valence-electron chi connectivity index (χ1n) is 3.70. The minimum Gasteiger partial charge on any atom is -0.236 e. The Kier molecular flexibility index (Phi) is 4.98. The van der Waals surface area contributed by atoms with Gasteiger partial charge in [-0.25, -0.2) is 4.98 Å². The van der Waals surface area contributed by atoms with Crippen LogP contribution in [0.5, 0.6) is 0 Å². The number of hydrogen-bond donors (Lipinski definition) is 0. The van der Waals surface area contributed by atoms with Crippen LogP contribution < -0.4 is 0 Å². The zero-order valence-corrected chi connectivity index (χ0v) is 8.78. The molecule has 13 heavy (non-hydrogen) atoms. The Morgan fingerprint density at radius 3 is 2.08 bits per heavy atom. The average molecular weight is 256 g/mol. The summed E-state index contributed by atoms with van der Waals surface area (Å²) in [6.07, 6.45) is -4.36. The van der Waals surface area contributed by atoms with E-state index >= 15 is 0 Å². The van der Waals surface area contributed by atoms with Crippen LogP contribution in [0.2, 0.25) is 0 Å². The second-order valence-electron chi connectivity index (χ2n) is 1.84. The Hall–Kier alpha value is -0.580. The van der Waals surface area contributed by atoms with E-state index in [1.807, 2.05) is 13.8 Å². The number of hydrogen-bond acceptors (Lipinski definition) is 1. The molecule has 0 aliphatic carbocycles. The molecule has 0 saturated carbocycles. The fraction of sp³-hybridized carbons (Fsp3) is 0.375. The van der Waals surface area contributed by atoms with E-state index in [9.17, 15) is 13.2 Å². The summed E-state index contributed by atoms with van der Waals surface area (Å²) < 4.78 is 35.8. The molecular weight excluding hydrogens is 247 g/mol. The number of rotatable bonds is 0. The van der Waals surface area contributed by atoms with Crippen LogP contribution in [-0.4, -0.2) is 4.98 Å². The SMILES string of the molecule is CC.FC(F)(F)c1cccc(Br)n1. The summed E-state index contributed by atoms with van der Waals surface area (Å²) in [6.45, 7) is 4.00. The Bertz CT molecular complexity index is 260. The Morgan fingerprint density at radius 2 is 1.77 bits per heavy atom. The van der Waals surface area contributed by atoms with Gasteiger partial charge in [-0.2, -0.15) is 13.2 Å². The summed E-state index contributed by atoms with van der Waals surface area (Å²) in [5.41, 5.74) is -0.883. The van der Waals surface area contributed by atoms with Gasteiger partial charge in [-0.05, 0) is 28.1 Å². The molecule has 74 valence electrons. The Balaban J connectivity index is 0.000000671. The van der Waals surface area contributed by atoms with Crippen molar-refractivity contribution in [2.24, 2.45) is 0 Å². The normalized spacial score (nSPS) is 10.3. The third-order valence-electron chi connectivity index (χ3n) is 1.01. The molecule has 0 radical (unpaired) electrons. The fourth-order valence-corrected chi connectivity index (χ4v) is 0.910. The second kappa shape index (κ2) is 5.21. The highest BCUT2D eigenvalue weighted by atomic mass is 79.9. The molecular formula is C8H9BrF3N. The van der Waals surface area contributed by atoms with Crippen molar-refractivity contribution in [3.05, 3.63) is 28.5 Å². The van der Waals surface area contributed by atoms with E-state index in [0.29, 0.717) is 0 Å². The van der Waals surface area contributed by atoms with Crippen molar-refractivity contribution in [1.82, 2.24) is 4.98 Å². The van der Waals surface area contributed by atoms with Gasteiger partial charge in [-0.3, -0.25) is 0 Å². The van der Waals surface area contributed by atoms with Gasteiger partial charge in [0.2, 0.25) is 0 Å². The molecule has 0 bridgehead atoms. The van der Waals surface area contributed by atoms with Gasteiger partial charge < -0.3 is 0 Å². The molecule has 0 saturated heterocycles. The third-order valence-corrected chi connectivity index (χ3v) is 1.45. The van der Waals surface area contributed by atoms with Crippen molar-refractivity contribution in [3.63, 3.8) is 0 Å². The number of alkyl halides is 3. The van der Waals surface area contributed by atoms with Crippen molar-refractivity contribution in [2.75, 3.05) is 0 Å². The van der Waals surface area contributed by atoms with E-state index in [1.54, 1.807) is 0 Å². The predicted molar refractivity (Wildman–Crippen MR) is 48.3 cm³/mol. The van der Waals surface area contributed by atoms with Crippen LogP contribution in [0.25, 0.3) is 0 Å². The molecule has 1 aromatic heterocycles. The lowest BCUT2D eigenvalue weighted by Gasteiger charge is -2.03. The molecule has 0 atom stereocenters. The first kappa shape index (κ1) is 12.4. The van der Waals surface area contributed by atoms with E-state index < -0.39 is 11.9 Å². The van der Waals surface area contributed by atoms with Crippen molar-refractivity contribution < 1.29 is 13.2 Å². The fourth-order valence-electron chi connectivity index (χ4n) is 0.566. The molecule has 0 aliphatic heterocycles. The lowest BCUT2D eigenvalue weighted by Crippen LogP contribution is -2.07. The van der Waals surface area contributed by atoms with Crippen molar-refractivity contribution in [2.45, 2.75) is 20.0 Å². The largest absolute Gasteiger partial charge is 0.433 e. The number of pyridine rings is 1. The molecule has 0 spiro atoms. The Morgan fingerprint density at radius 1 is 1.23 bits per heavy atom. The Labute approximate surface area is 83.1 Å². The van der Waals surface area contributed by atoms with Crippen LogP contribution in [0.4, 0.5) is 13.2 Å². The smallest absolute Gasteiger partial charge is 0.236 e. The van der Waals surface area contributed by atoms with E-state index in [1.165, 1.54) is 12.1 Å². The molecule has 0 aromatic carbocycles. The maximum atomic E-state index is 11.9. The summed E-state index contributed by atoms with van der Waals surface area (Å²) >= 11 is 2.84. The van der Waals surface area contributed by atoms with Crippen molar-refractivity contribution in [1.29, 1.82) is 0 Å². The molecule has 1 nitrogen and oxygen atoms in total. The van der Waals surface area contributed by atoms with Crippen LogP contribution in [0, 0.1) is 0 Å². The van der Waals surface area contributed by atoms with Crippen LogP contribution in [0.3, 0.4) is 0 Å². The van der Waals surface area contributed by atoms with Crippen molar-refractivity contribution >= 4 is 15.9 Å². The van der Waals surface area contributed by atoms with Gasteiger partial charge in [0.15, 0.2) is 0 Å². The highest BCUT2D eigenvalue weighted by Crippen LogP contribution is 2.27. The summed E-state index contributed by atoms with van der Waals surface area (Å²) in [6, 6.07) is 3.65. The van der Waals surface area contributed by atoms with Gasteiger partial charge in [0, 0.05) is 0 Å². The minimum atomic E-state index is -4.36. The molecule has 0 aliphatic rings. The van der Waals surface area contributed by atoms with Crippen LogP contribution >= 0.6 is 15.9 Å². The van der Waals surface area contributed by atoms with E-state index in [-0.39, 0.29) is 4.60 Å². The van der Waals surface area contributed by atoms with E-state index in [4.69, 9.17) is 0 Å². The lowest BCUT2D eigenvalue weighted by molar-refractivity contribution is -0.141. The van der Waals surface area contributed by atoms with Crippen molar-refractivity contribution in [3.8, 4) is 0 Å². The molecule has 1 rings (SSSR count). The monoisotopic (exact) mass is 255 g/mol. The zero-order valence-electron chi connectivity index (χ0n) is 7.19. The molecule has 0 amide bonds. The van der Waals surface area contributed by atoms with Gasteiger partial charge in [-0.1, -0.05) is 19.9 Å². The average Bonchev–Trinajstić information content (AvgIpc) is 2.06. The predicted octanol–water partition coefficient (Wildman–Crippen LogP) is 3.89. The van der Waals surface area contributed by atoms with Gasteiger partial charge in [0.25, 0.3) is 0 Å². The first-order chi connectivity index (χ1) is 6.00. The molecule has 0 unspecified atom stereocenters. The van der Waals surface area contributed by atoms with E-state index in [2.05, 4.69) is 20.9 Å². The van der Waals surface area contributed by atoms with Crippen LogP contribution in [-0.2, 0) is 6.18 Å². The summed E-state index contributed by atoms with van der Waals surface area (Å²) in [7, 11) is 0. The summed E-state index contributed by atoms with van der Waals surface area (Å²) in [4.78, 5) is 3.24. The maximum absolute atomic E-state index is 11.9. The minimum absolute atomic E-state index is 0.187. The zero-order chi connectivity index (χ0) is 10.5. The highest BCUT2D eigenvalue weighted by molar-refractivity contribution is 9.10. The molecule has 1 aromatic rings. The lowest BCUT2D eigenvalue weighted by atomic mass is 10.3. The number of halogens is 4. The molecule has 0 N–H and O–H groups in total. The molecule has 1 heterocycles. The highest BCUT2D eigenvalue weighted by Gasteiger charge is 2.32. The summed E-state index contributed by atoms with van der Waals surface area (Å²) in [5.74, 6) is 0. The van der Waals surface area contributed by atoms with Gasteiger partial charge >= 0.3 is 6.18 Å². The topological polar surface area (TPSA) is 12.9 Å². The quantitative estimate of drug-likeness (QED) is 0.641. The number of aromatic nitrogens is 1. The number of nitrogens with zero attached hydrogens (tertiary/aromatic N) is 1. The molecule has 5 heteroatoms. The van der Waals surface area contributed by atoms with Crippen LogP contribution in [0.1, 0.15) is 19.5 Å². The standard InChI is InChI=1S/C6H3BrF3N.C2H6/c7-5-3-1-2-4(11-5)6(8,9)10;1-2/h1-3H;1-2H3. The van der Waals surface area contributed by atoms with Crippen LogP contribution in [0.15, 0.2) is 22.8 Å². The van der Waals surface area contributed by atoms with Gasteiger partial charge in [0.05, 0.1) is 0 Å². The summed E-state index contributed by atoms with van der Waals surface area (Å²) in [5, 5.41) is 0.